The fraction of sp³-hybridized carbons (Fsp3) is 0.588. The maximum absolute atomic E-state index is 12.7. The van der Waals surface area contributed by atoms with Gasteiger partial charge in [-0.2, -0.15) is 0 Å². The van der Waals surface area contributed by atoms with Crippen LogP contribution < -0.4 is 4.74 Å². The van der Waals surface area contributed by atoms with Crippen molar-refractivity contribution < 1.29 is 17.9 Å². The van der Waals surface area contributed by atoms with Crippen LogP contribution >= 0.6 is 0 Å². The minimum Gasteiger partial charge on any atom is -0.497 e. The van der Waals surface area contributed by atoms with Gasteiger partial charge in [0.05, 0.1) is 24.7 Å². The Bertz CT molecular complexity index is 686. The van der Waals surface area contributed by atoms with E-state index in [1.54, 1.807) is 7.11 Å². The van der Waals surface area contributed by atoms with Crippen molar-refractivity contribution in [2.45, 2.75) is 31.7 Å². The molecule has 2 atom stereocenters. The average Bonchev–Trinajstić information content (AvgIpc) is 3.14. The summed E-state index contributed by atoms with van der Waals surface area (Å²) in [5, 5.41) is 0. The van der Waals surface area contributed by atoms with Crippen LogP contribution in [0.3, 0.4) is 0 Å². The highest BCUT2D eigenvalue weighted by Gasteiger charge is 2.34. The molecule has 2 fully saturated rings. The molecule has 0 aliphatic carbocycles. The fourth-order valence-electron chi connectivity index (χ4n) is 3.66. The van der Waals surface area contributed by atoms with E-state index < -0.39 is 9.84 Å². The van der Waals surface area contributed by atoms with Crippen LogP contribution in [-0.4, -0.2) is 44.4 Å². The first-order chi connectivity index (χ1) is 11.0. The molecular weight excluding hydrogens is 314 g/mol. The number of methoxy groups -OCH3 is 1. The molecule has 23 heavy (non-hydrogen) atoms. The van der Waals surface area contributed by atoms with Crippen molar-refractivity contribution in [2.75, 3.05) is 25.2 Å². The van der Waals surface area contributed by atoms with Crippen molar-refractivity contribution in [1.82, 2.24) is 4.90 Å². The Morgan fingerprint density at radius 3 is 2.87 bits per heavy atom. The van der Waals surface area contributed by atoms with Crippen molar-refractivity contribution in [2.24, 2.45) is 5.92 Å². The van der Waals surface area contributed by atoms with Gasteiger partial charge in [-0.3, -0.25) is 4.79 Å². The smallest absolute Gasteiger partial charge is 0.223 e. The first-order valence-corrected chi connectivity index (χ1v) is 9.94. The number of benzene rings is 1. The van der Waals surface area contributed by atoms with E-state index in [1.165, 1.54) is 0 Å². The molecule has 0 unspecified atom stereocenters. The Morgan fingerprint density at radius 2 is 2.17 bits per heavy atom. The number of hydrogen-bond donors (Lipinski definition) is 0. The number of nitrogens with zero attached hydrogens (tertiary/aromatic N) is 1. The Hall–Kier alpha value is -1.56. The maximum Gasteiger partial charge on any atom is 0.223 e. The van der Waals surface area contributed by atoms with Crippen LogP contribution in [0.2, 0.25) is 0 Å². The molecule has 126 valence electrons. The van der Waals surface area contributed by atoms with E-state index >= 15 is 0 Å². The SMILES string of the molecule is COc1cccc([C@@H]2CCCN2C(=O)C[C@H]2CCS(=O)(=O)C2)c1. The van der Waals surface area contributed by atoms with Crippen molar-refractivity contribution in [1.29, 1.82) is 0 Å². The molecule has 0 spiro atoms. The lowest BCUT2D eigenvalue weighted by Gasteiger charge is -2.26. The van der Waals surface area contributed by atoms with Gasteiger partial charge in [-0.05, 0) is 42.9 Å². The number of hydrogen-bond acceptors (Lipinski definition) is 4. The first-order valence-electron chi connectivity index (χ1n) is 8.12. The van der Waals surface area contributed by atoms with E-state index in [0.29, 0.717) is 12.8 Å². The molecule has 3 rings (SSSR count). The van der Waals surface area contributed by atoms with E-state index in [9.17, 15) is 13.2 Å². The van der Waals surface area contributed by atoms with Crippen LogP contribution in [0.5, 0.6) is 5.75 Å². The van der Waals surface area contributed by atoms with E-state index in [0.717, 1.165) is 30.7 Å². The summed E-state index contributed by atoms with van der Waals surface area (Å²) < 4.78 is 28.4. The number of amides is 1. The standard InChI is InChI=1S/C17H23NO4S/c1-22-15-5-2-4-14(11-15)16-6-3-8-18(16)17(19)10-13-7-9-23(20,21)12-13/h2,4-5,11,13,16H,3,6-10,12H2,1H3/t13-,16+/m1/s1. The van der Waals surface area contributed by atoms with Crippen LogP contribution in [0.4, 0.5) is 0 Å². The zero-order valence-electron chi connectivity index (χ0n) is 13.4. The molecule has 0 aromatic heterocycles. The highest BCUT2D eigenvalue weighted by Crippen LogP contribution is 2.35. The highest BCUT2D eigenvalue weighted by atomic mass is 32.2. The van der Waals surface area contributed by atoms with Gasteiger partial charge in [0.1, 0.15) is 5.75 Å². The third-order valence-corrected chi connectivity index (χ3v) is 6.68. The lowest BCUT2D eigenvalue weighted by Crippen LogP contribution is -2.32. The van der Waals surface area contributed by atoms with Crippen LogP contribution in [0, 0.1) is 5.92 Å². The minimum atomic E-state index is -2.93. The summed E-state index contributed by atoms with van der Waals surface area (Å²) in [4.78, 5) is 14.6. The second-order valence-electron chi connectivity index (χ2n) is 6.49. The van der Waals surface area contributed by atoms with Gasteiger partial charge >= 0.3 is 0 Å². The lowest BCUT2D eigenvalue weighted by atomic mass is 10.0. The third-order valence-electron chi connectivity index (χ3n) is 4.84. The molecule has 0 saturated carbocycles. The zero-order valence-corrected chi connectivity index (χ0v) is 14.2. The van der Waals surface area contributed by atoms with E-state index in [1.807, 2.05) is 29.2 Å². The quantitative estimate of drug-likeness (QED) is 0.845. The van der Waals surface area contributed by atoms with Gasteiger partial charge in [-0.1, -0.05) is 12.1 Å². The van der Waals surface area contributed by atoms with Crippen molar-refractivity contribution in [3.63, 3.8) is 0 Å². The molecular formula is C17H23NO4S. The zero-order chi connectivity index (χ0) is 16.4. The molecule has 2 saturated heterocycles. The van der Waals surface area contributed by atoms with Gasteiger partial charge in [-0.15, -0.1) is 0 Å². The van der Waals surface area contributed by atoms with Crippen LogP contribution in [0.1, 0.15) is 37.3 Å². The average molecular weight is 337 g/mol. The van der Waals surface area contributed by atoms with E-state index in [2.05, 4.69) is 0 Å². The maximum atomic E-state index is 12.7. The molecule has 1 aromatic rings. The molecule has 6 heteroatoms. The molecule has 1 amide bonds. The van der Waals surface area contributed by atoms with Gasteiger partial charge in [0.2, 0.25) is 5.91 Å². The normalized spacial score (nSPS) is 26.4. The number of ether oxygens (including phenoxy) is 1. The molecule has 2 aliphatic rings. The molecule has 1 aromatic carbocycles. The Morgan fingerprint density at radius 1 is 1.35 bits per heavy atom. The van der Waals surface area contributed by atoms with Gasteiger partial charge in [0.25, 0.3) is 0 Å². The number of carbonyl (C=O) groups excluding carboxylic acids is 1. The Balaban J connectivity index is 1.69. The Kier molecular flexibility index (Phi) is 4.62. The minimum absolute atomic E-state index is 0.0148. The lowest BCUT2D eigenvalue weighted by molar-refractivity contribution is -0.133. The van der Waals surface area contributed by atoms with Crippen molar-refractivity contribution >= 4 is 15.7 Å². The summed E-state index contributed by atoms with van der Waals surface area (Å²) in [6.45, 7) is 0.750. The highest BCUT2D eigenvalue weighted by molar-refractivity contribution is 7.91. The largest absolute Gasteiger partial charge is 0.497 e. The molecule has 0 bridgehead atoms. The van der Waals surface area contributed by atoms with Crippen LogP contribution in [0.15, 0.2) is 24.3 Å². The van der Waals surface area contributed by atoms with Crippen molar-refractivity contribution in [3.8, 4) is 5.75 Å². The third kappa shape index (κ3) is 3.68. The molecule has 0 N–H and O–H groups in total. The number of likely N-dealkylation sites (tertiary alicyclic amines) is 1. The monoisotopic (exact) mass is 337 g/mol. The van der Waals surface area contributed by atoms with Gasteiger partial charge in [-0.25, -0.2) is 8.42 Å². The molecule has 2 heterocycles. The second kappa shape index (κ2) is 6.51. The van der Waals surface area contributed by atoms with Crippen molar-refractivity contribution in [3.05, 3.63) is 29.8 Å². The predicted molar refractivity (Wildman–Crippen MR) is 88.1 cm³/mol. The fourth-order valence-corrected chi connectivity index (χ4v) is 5.52. The second-order valence-corrected chi connectivity index (χ2v) is 8.72. The number of rotatable bonds is 4. The van der Waals surface area contributed by atoms with E-state index in [4.69, 9.17) is 4.74 Å². The van der Waals surface area contributed by atoms with Gasteiger partial charge in [0, 0.05) is 13.0 Å². The van der Waals surface area contributed by atoms with Crippen LogP contribution in [0.25, 0.3) is 0 Å². The van der Waals surface area contributed by atoms with Gasteiger partial charge in [0.15, 0.2) is 9.84 Å². The summed E-state index contributed by atoms with van der Waals surface area (Å²) in [7, 11) is -1.29. The van der Waals surface area contributed by atoms with E-state index in [-0.39, 0.29) is 29.4 Å². The summed E-state index contributed by atoms with van der Waals surface area (Å²) in [5.74, 6) is 1.25. The molecule has 2 aliphatic heterocycles. The summed E-state index contributed by atoms with van der Waals surface area (Å²) in [5.41, 5.74) is 1.09. The first kappa shape index (κ1) is 16.3. The van der Waals surface area contributed by atoms with Gasteiger partial charge < -0.3 is 9.64 Å². The molecule has 5 nitrogen and oxygen atoms in total. The van der Waals surface area contributed by atoms with Crippen LogP contribution in [-0.2, 0) is 14.6 Å². The predicted octanol–water partition coefficient (Wildman–Crippen LogP) is 2.18. The summed E-state index contributed by atoms with van der Waals surface area (Å²) in [6, 6.07) is 7.93. The topological polar surface area (TPSA) is 63.7 Å². The summed E-state index contributed by atoms with van der Waals surface area (Å²) in [6.07, 6.45) is 2.89. The number of sulfone groups is 1. The number of carbonyl (C=O) groups is 1. The Labute approximate surface area is 137 Å². The molecule has 0 radical (unpaired) electrons. The summed E-state index contributed by atoms with van der Waals surface area (Å²) >= 11 is 0.